The fraction of sp³-hybridized carbons (Fsp3) is 0.353. The van der Waals surface area contributed by atoms with E-state index in [0.29, 0.717) is 12.8 Å². The summed E-state index contributed by atoms with van der Waals surface area (Å²) in [6.07, 6.45) is 4.05. The van der Waals surface area contributed by atoms with E-state index in [4.69, 9.17) is 14.5 Å². The van der Waals surface area contributed by atoms with Crippen molar-refractivity contribution >= 4 is 12.0 Å². The van der Waals surface area contributed by atoms with Crippen LogP contribution in [0.3, 0.4) is 0 Å². The second-order valence-corrected chi connectivity index (χ2v) is 5.22. The number of nitriles is 1. The lowest BCUT2D eigenvalue weighted by molar-refractivity contribution is -0.137. The average Bonchev–Trinajstić information content (AvgIpc) is 3.05. The van der Waals surface area contributed by atoms with Crippen molar-refractivity contribution in [2.24, 2.45) is 0 Å². The Bertz CT molecular complexity index is 763. The minimum absolute atomic E-state index is 0.258. The zero-order chi connectivity index (χ0) is 16.8. The molecule has 0 saturated carbocycles. The van der Waals surface area contributed by atoms with Crippen molar-refractivity contribution in [3.8, 4) is 11.9 Å². The van der Waals surface area contributed by atoms with E-state index >= 15 is 0 Å². The van der Waals surface area contributed by atoms with E-state index < -0.39 is 5.97 Å². The Labute approximate surface area is 135 Å². The number of rotatable bonds is 6. The number of aromatic nitrogens is 2. The van der Waals surface area contributed by atoms with Gasteiger partial charge in [-0.3, -0.25) is 4.57 Å². The molecule has 6 nitrogen and oxygen atoms in total. The average molecular weight is 313 g/mol. The Morgan fingerprint density at radius 2 is 2.22 bits per heavy atom. The third-order valence-corrected chi connectivity index (χ3v) is 3.39. The maximum atomic E-state index is 11.6. The molecule has 0 spiro atoms. The maximum absolute atomic E-state index is 11.6. The first-order valence-corrected chi connectivity index (χ1v) is 7.37. The van der Waals surface area contributed by atoms with Crippen molar-refractivity contribution in [1.29, 1.82) is 5.26 Å². The van der Waals surface area contributed by atoms with Crippen molar-refractivity contribution in [2.75, 3.05) is 6.61 Å². The highest BCUT2D eigenvalue weighted by Gasteiger charge is 2.12. The van der Waals surface area contributed by atoms with Gasteiger partial charge in [0, 0.05) is 30.0 Å². The quantitative estimate of drug-likeness (QED) is 0.464. The molecule has 0 saturated heterocycles. The summed E-state index contributed by atoms with van der Waals surface area (Å²) in [5.41, 5.74) is 2.87. The molecule has 0 aliphatic heterocycles. The lowest BCUT2D eigenvalue weighted by Gasteiger charge is -2.04. The molecule has 0 aliphatic carbocycles. The standard InChI is InChI=1S/C17H19N3O3/c1-12-10-15(6-7-17(21)22-9-5-4-8-18)14(3)20(12)16-11-13(2)23-19-16/h6-7,10-11H,4-5,9H2,1-3H3/b7-6+. The van der Waals surface area contributed by atoms with Crippen LogP contribution >= 0.6 is 0 Å². The number of nitrogens with zero attached hydrogens (tertiary/aromatic N) is 3. The van der Waals surface area contributed by atoms with Gasteiger partial charge < -0.3 is 9.26 Å². The largest absolute Gasteiger partial charge is 0.462 e. The van der Waals surface area contributed by atoms with Crippen LogP contribution in [0.5, 0.6) is 0 Å². The van der Waals surface area contributed by atoms with Crippen LogP contribution in [-0.4, -0.2) is 22.3 Å². The molecule has 0 aromatic carbocycles. The summed E-state index contributed by atoms with van der Waals surface area (Å²) in [7, 11) is 0. The molecule has 2 aromatic heterocycles. The van der Waals surface area contributed by atoms with E-state index in [2.05, 4.69) is 5.16 Å². The Hall–Kier alpha value is -2.81. The molecule has 0 radical (unpaired) electrons. The molecule has 0 atom stereocenters. The van der Waals surface area contributed by atoms with Gasteiger partial charge in [0.05, 0.1) is 12.7 Å². The van der Waals surface area contributed by atoms with Gasteiger partial charge >= 0.3 is 5.97 Å². The van der Waals surface area contributed by atoms with Crippen LogP contribution in [-0.2, 0) is 9.53 Å². The van der Waals surface area contributed by atoms with Gasteiger partial charge in [0.2, 0.25) is 0 Å². The smallest absolute Gasteiger partial charge is 0.330 e. The SMILES string of the molecule is Cc1cc(-n2c(C)cc(/C=C/C(=O)OCCCC#N)c2C)no1. The minimum Gasteiger partial charge on any atom is -0.462 e. The summed E-state index contributed by atoms with van der Waals surface area (Å²) < 4.78 is 12.1. The van der Waals surface area contributed by atoms with Gasteiger partial charge in [-0.1, -0.05) is 5.16 Å². The lowest BCUT2D eigenvalue weighted by atomic mass is 10.2. The molecule has 2 heterocycles. The number of carbonyl (C=O) groups excluding carboxylic acids is 1. The van der Waals surface area contributed by atoms with E-state index in [1.54, 1.807) is 6.08 Å². The number of aryl methyl sites for hydroxylation is 2. The van der Waals surface area contributed by atoms with Gasteiger partial charge in [-0.25, -0.2) is 4.79 Å². The first kappa shape index (κ1) is 16.6. The Kier molecular flexibility index (Phi) is 5.36. The number of unbranched alkanes of at least 4 members (excludes halogenated alkanes) is 1. The second-order valence-electron chi connectivity index (χ2n) is 5.22. The summed E-state index contributed by atoms with van der Waals surface area (Å²) in [4.78, 5) is 11.6. The molecule has 2 rings (SSSR count). The van der Waals surface area contributed by atoms with E-state index in [1.165, 1.54) is 6.08 Å². The normalized spacial score (nSPS) is 10.9. The van der Waals surface area contributed by atoms with Gasteiger partial charge in [-0.2, -0.15) is 5.26 Å². The fourth-order valence-electron chi connectivity index (χ4n) is 2.30. The molecule has 6 heteroatoms. The number of hydrogen-bond acceptors (Lipinski definition) is 5. The molecule has 0 amide bonds. The highest BCUT2D eigenvalue weighted by Crippen LogP contribution is 2.21. The molecule has 0 fully saturated rings. The zero-order valence-corrected chi connectivity index (χ0v) is 13.5. The van der Waals surface area contributed by atoms with Gasteiger partial charge in [0.1, 0.15) is 5.76 Å². The molecule has 0 aliphatic rings. The highest BCUT2D eigenvalue weighted by molar-refractivity contribution is 5.87. The molecular weight excluding hydrogens is 294 g/mol. The topological polar surface area (TPSA) is 81.0 Å². The first-order chi connectivity index (χ1) is 11.0. The van der Waals surface area contributed by atoms with E-state index in [-0.39, 0.29) is 6.61 Å². The summed E-state index contributed by atoms with van der Waals surface area (Å²) in [6.45, 7) is 6.02. The summed E-state index contributed by atoms with van der Waals surface area (Å²) in [5.74, 6) is 1.05. The Balaban J connectivity index is 2.08. The predicted molar refractivity (Wildman–Crippen MR) is 84.9 cm³/mol. The van der Waals surface area contributed by atoms with Gasteiger partial charge in [-0.15, -0.1) is 0 Å². The van der Waals surface area contributed by atoms with Crippen molar-refractivity contribution in [3.63, 3.8) is 0 Å². The third-order valence-electron chi connectivity index (χ3n) is 3.39. The maximum Gasteiger partial charge on any atom is 0.330 e. The van der Waals surface area contributed by atoms with Gasteiger partial charge in [0.15, 0.2) is 5.82 Å². The van der Waals surface area contributed by atoms with Crippen LogP contribution in [0.2, 0.25) is 0 Å². The van der Waals surface area contributed by atoms with Crippen molar-refractivity contribution in [2.45, 2.75) is 33.6 Å². The highest BCUT2D eigenvalue weighted by atomic mass is 16.5. The zero-order valence-electron chi connectivity index (χ0n) is 13.5. The first-order valence-electron chi connectivity index (χ1n) is 7.37. The van der Waals surface area contributed by atoms with Crippen LogP contribution in [0.1, 0.15) is 35.6 Å². The second kappa shape index (κ2) is 7.45. The van der Waals surface area contributed by atoms with Crippen molar-refractivity contribution < 1.29 is 14.1 Å². The molecule has 120 valence electrons. The van der Waals surface area contributed by atoms with Gasteiger partial charge in [0.25, 0.3) is 0 Å². The summed E-state index contributed by atoms with van der Waals surface area (Å²) in [6, 6.07) is 5.84. The molecule has 23 heavy (non-hydrogen) atoms. The summed E-state index contributed by atoms with van der Waals surface area (Å²) in [5, 5.41) is 12.4. The Morgan fingerprint density at radius 1 is 1.43 bits per heavy atom. The number of carbonyl (C=O) groups is 1. The van der Waals surface area contributed by atoms with Crippen LogP contribution in [0.15, 0.2) is 22.7 Å². The van der Waals surface area contributed by atoms with E-state index in [0.717, 1.165) is 28.5 Å². The predicted octanol–water partition coefficient (Wildman–Crippen LogP) is 3.25. The summed E-state index contributed by atoms with van der Waals surface area (Å²) >= 11 is 0. The van der Waals surface area contributed by atoms with Crippen LogP contribution in [0.4, 0.5) is 0 Å². The van der Waals surface area contributed by atoms with E-state index in [1.807, 2.05) is 43.5 Å². The van der Waals surface area contributed by atoms with Crippen molar-refractivity contribution in [3.05, 3.63) is 40.9 Å². The van der Waals surface area contributed by atoms with E-state index in [9.17, 15) is 4.79 Å². The lowest BCUT2D eigenvalue weighted by Crippen LogP contribution is -2.02. The minimum atomic E-state index is -0.412. The Morgan fingerprint density at radius 3 is 2.87 bits per heavy atom. The van der Waals surface area contributed by atoms with Crippen LogP contribution in [0.25, 0.3) is 11.9 Å². The fourth-order valence-corrected chi connectivity index (χ4v) is 2.30. The van der Waals surface area contributed by atoms with Crippen LogP contribution < -0.4 is 0 Å². The monoisotopic (exact) mass is 313 g/mol. The number of ether oxygens (including phenoxy) is 1. The molecule has 2 aromatic rings. The van der Waals surface area contributed by atoms with Crippen molar-refractivity contribution in [1.82, 2.24) is 9.72 Å². The third kappa shape index (κ3) is 4.10. The number of hydrogen-bond donors (Lipinski definition) is 0. The van der Waals surface area contributed by atoms with Crippen LogP contribution in [0, 0.1) is 32.1 Å². The molecular formula is C17H19N3O3. The molecule has 0 N–H and O–H groups in total. The number of esters is 1. The molecule has 0 unspecified atom stereocenters. The molecule has 0 bridgehead atoms. The van der Waals surface area contributed by atoms with Gasteiger partial charge in [-0.05, 0) is 44.9 Å².